The first-order valence-electron chi connectivity index (χ1n) is 5.71. The fraction of sp³-hybridized carbons (Fsp3) is 0.286. The Kier molecular flexibility index (Phi) is 2.29. The molecule has 1 unspecified atom stereocenters. The van der Waals surface area contributed by atoms with E-state index in [1.54, 1.807) is 6.26 Å². The van der Waals surface area contributed by atoms with Crippen LogP contribution in [0.2, 0.25) is 0 Å². The summed E-state index contributed by atoms with van der Waals surface area (Å²) in [6, 6.07) is 11.1. The van der Waals surface area contributed by atoms with Crippen molar-refractivity contribution in [2.24, 2.45) is 0 Å². The quantitative estimate of drug-likeness (QED) is 0.788. The number of hydrogen-bond donors (Lipinski definition) is 1. The van der Waals surface area contributed by atoms with Gasteiger partial charge in [-0.1, -0.05) is 29.8 Å². The Morgan fingerprint density at radius 1 is 1.19 bits per heavy atom. The third-order valence-corrected chi connectivity index (χ3v) is 3.20. The fourth-order valence-electron chi connectivity index (χ4n) is 2.31. The molecular weight excluding hydrogens is 198 g/mol. The van der Waals surface area contributed by atoms with Crippen molar-refractivity contribution in [1.82, 2.24) is 5.32 Å². The number of rotatable bonds is 1. The van der Waals surface area contributed by atoms with Gasteiger partial charge in [0.1, 0.15) is 5.76 Å². The van der Waals surface area contributed by atoms with Gasteiger partial charge in [-0.05, 0) is 18.6 Å². The Balaban J connectivity index is 2.00. The van der Waals surface area contributed by atoms with Gasteiger partial charge in [0, 0.05) is 18.5 Å². The molecule has 0 spiro atoms. The highest BCUT2D eigenvalue weighted by molar-refractivity contribution is 5.36. The molecule has 3 rings (SSSR count). The topological polar surface area (TPSA) is 25.2 Å². The summed E-state index contributed by atoms with van der Waals surface area (Å²) in [4.78, 5) is 0. The average molecular weight is 213 g/mol. The normalized spacial score (nSPS) is 19.4. The molecule has 16 heavy (non-hydrogen) atoms. The zero-order valence-electron chi connectivity index (χ0n) is 9.36. The van der Waals surface area contributed by atoms with Crippen LogP contribution in [0.5, 0.6) is 0 Å². The third-order valence-electron chi connectivity index (χ3n) is 3.20. The van der Waals surface area contributed by atoms with Crippen LogP contribution < -0.4 is 5.32 Å². The van der Waals surface area contributed by atoms with Gasteiger partial charge in [0.05, 0.1) is 12.3 Å². The smallest absolute Gasteiger partial charge is 0.110 e. The molecule has 0 fully saturated rings. The maximum absolute atomic E-state index is 5.49. The van der Waals surface area contributed by atoms with E-state index in [4.69, 9.17) is 4.42 Å². The first-order valence-corrected chi connectivity index (χ1v) is 5.71. The molecule has 1 aliphatic heterocycles. The minimum atomic E-state index is 0.295. The molecule has 0 saturated heterocycles. The molecule has 0 amide bonds. The summed E-state index contributed by atoms with van der Waals surface area (Å²) in [6.45, 7) is 3.10. The van der Waals surface area contributed by atoms with Gasteiger partial charge in [-0.15, -0.1) is 0 Å². The van der Waals surface area contributed by atoms with Crippen LogP contribution >= 0.6 is 0 Å². The lowest BCUT2D eigenvalue weighted by Crippen LogP contribution is -2.29. The average Bonchev–Trinajstić information content (AvgIpc) is 2.78. The maximum atomic E-state index is 5.49. The second kappa shape index (κ2) is 3.80. The van der Waals surface area contributed by atoms with Crippen LogP contribution in [-0.4, -0.2) is 6.54 Å². The molecule has 82 valence electrons. The molecule has 1 aromatic carbocycles. The van der Waals surface area contributed by atoms with Crippen LogP contribution in [0.15, 0.2) is 41.0 Å². The van der Waals surface area contributed by atoms with E-state index in [-0.39, 0.29) is 0 Å². The van der Waals surface area contributed by atoms with E-state index in [9.17, 15) is 0 Å². The maximum Gasteiger partial charge on any atom is 0.110 e. The van der Waals surface area contributed by atoms with Crippen LogP contribution in [0.4, 0.5) is 0 Å². The highest BCUT2D eigenvalue weighted by atomic mass is 16.3. The Hall–Kier alpha value is -1.54. The number of nitrogens with one attached hydrogen (secondary N) is 1. The van der Waals surface area contributed by atoms with Crippen molar-refractivity contribution in [2.45, 2.75) is 19.4 Å². The monoisotopic (exact) mass is 213 g/mol. The predicted octanol–water partition coefficient (Wildman–Crippen LogP) is 2.82. The Labute approximate surface area is 95.3 Å². The van der Waals surface area contributed by atoms with Gasteiger partial charge in [-0.3, -0.25) is 0 Å². The number of aryl methyl sites for hydroxylation is 1. The van der Waals surface area contributed by atoms with E-state index in [1.165, 1.54) is 16.7 Å². The summed E-state index contributed by atoms with van der Waals surface area (Å²) >= 11 is 0. The molecule has 0 saturated carbocycles. The van der Waals surface area contributed by atoms with Crippen molar-refractivity contribution < 1.29 is 4.42 Å². The lowest BCUT2D eigenvalue weighted by atomic mass is 9.94. The van der Waals surface area contributed by atoms with Crippen molar-refractivity contribution in [3.8, 4) is 0 Å². The molecular formula is C14H15NO. The number of hydrogen-bond acceptors (Lipinski definition) is 2. The van der Waals surface area contributed by atoms with Gasteiger partial charge >= 0.3 is 0 Å². The van der Waals surface area contributed by atoms with Gasteiger partial charge in [-0.25, -0.2) is 0 Å². The molecule has 0 aliphatic carbocycles. The molecule has 2 heteroatoms. The lowest BCUT2D eigenvalue weighted by molar-refractivity contribution is 0.456. The van der Waals surface area contributed by atoms with E-state index in [1.807, 2.05) is 0 Å². The first kappa shape index (κ1) is 9.67. The summed E-state index contributed by atoms with van der Waals surface area (Å²) in [6.07, 6.45) is 2.78. The number of furan rings is 1. The second-order valence-electron chi connectivity index (χ2n) is 4.35. The summed E-state index contributed by atoms with van der Waals surface area (Å²) in [5.74, 6) is 1.13. The van der Waals surface area contributed by atoms with E-state index in [0.717, 1.165) is 18.7 Å². The van der Waals surface area contributed by atoms with Crippen LogP contribution in [0.3, 0.4) is 0 Å². The van der Waals surface area contributed by atoms with Crippen molar-refractivity contribution in [1.29, 1.82) is 0 Å². The summed E-state index contributed by atoms with van der Waals surface area (Å²) in [5.41, 5.74) is 3.90. The Bertz CT molecular complexity index is 484. The summed E-state index contributed by atoms with van der Waals surface area (Å²) in [7, 11) is 0. The van der Waals surface area contributed by atoms with E-state index in [2.05, 4.69) is 42.6 Å². The molecule has 2 heterocycles. The third kappa shape index (κ3) is 1.55. The second-order valence-corrected chi connectivity index (χ2v) is 4.35. The number of benzene rings is 1. The SMILES string of the molecule is Cc1ccc(C2NCCc3occc32)cc1. The zero-order valence-corrected chi connectivity index (χ0v) is 9.36. The van der Waals surface area contributed by atoms with E-state index >= 15 is 0 Å². The van der Waals surface area contributed by atoms with Crippen LogP contribution in [0, 0.1) is 6.92 Å². The molecule has 0 radical (unpaired) electrons. The van der Waals surface area contributed by atoms with Crippen LogP contribution in [0.1, 0.15) is 28.5 Å². The van der Waals surface area contributed by atoms with E-state index in [0.29, 0.717) is 6.04 Å². The van der Waals surface area contributed by atoms with Gasteiger partial charge in [0.25, 0.3) is 0 Å². The number of fused-ring (bicyclic) bond motifs is 1. The Morgan fingerprint density at radius 2 is 2.00 bits per heavy atom. The predicted molar refractivity (Wildman–Crippen MR) is 63.4 cm³/mol. The fourth-order valence-corrected chi connectivity index (χ4v) is 2.31. The molecule has 2 nitrogen and oxygen atoms in total. The van der Waals surface area contributed by atoms with Crippen molar-refractivity contribution in [2.75, 3.05) is 6.54 Å². The molecule has 2 aromatic rings. The highest BCUT2D eigenvalue weighted by Gasteiger charge is 2.23. The minimum absolute atomic E-state index is 0.295. The van der Waals surface area contributed by atoms with Crippen LogP contribution in [0.25, 0.3) is 0 Å². The van der Waals surface area contributed by atoms with Crippen LogP contribution in [-0.2, 0) is 6.42 Å². The molecule has 1 N–H and O–H groups in total. The Morgan fingerprint density at radius 3 is 2.81 bits per heavy atom. The minimum Gasteiger partial charge on any atom is -0.469 e. The lowest BCUT2D eigenvalue weighted by Gasteiger charge is -2.23. The molecule has 1 aromatic heterocycles. The standard InChI is InChI=1S/C14H15NO/c1-10-2-4-11(5-3-10)14-12-7-9-16-13(12)6-8-15-14/h2-5,7,9,14-15H,6,8H2,1H3. The summed E-state index contributed by atoms with van der Waals surface area (Å²) in [5, 5.41) is 3.54. The van der Waals surface area contributed by atoms with Gasteiger partial charge in [0.15, 0.2) is 0 Å². The molecule has 1 aliphatic rings. The first-order chi connectivity index (χ1) is 7.84. The molecule has 0 bridgehead atoms. The van der Waals surface area contributed by atoms with Gasteiger partial charge < -0.3 is 9.73 Å². The van der Waals surface area contributed by atoms with Crippen molar-refractivity contribution in [3.63, 3.8) is 0 Å². The summed E-state index contributed by atoms with van der Waals surface area (Å²) < 4.78 is 5.49. The highest BCUT2D eigenvalue weighted by Crippen LogP contribution is 2.29. The largest absolute Gasteiger partial charge is 0.469 e. The van der Waals surface area contributed by atoms with E-state index < -0.39 is 0 Å². The zero-order chi connectivity index (χ0) is 11.0. The van der Waals surface area contributed by atoms with Gasteiger partial charge in [0.2, 0.25) is 0 Å². The van der Waals surface area contributed by atoms with Gasteiger partial charge in [-0.2, -0.15) is 0 Å². The van der Waals surface area contributed by atoms with Crippen molar-refractivity contribution >= 4 is 0 Å². The molecule has 1 atom stereocenters. The van der Waals surface area contributed by atoms with Crippen molar-refractivity contribution in [3.05, 3.63) is 59.0 Å².